The maximum atomic E-state index is 14.5. The largest absolute Gasteiger partial charge is 0.378 e. The predicted molar refractivity (Wildman–Crippen MR) is 129 cm³/mol. The van der Waals surface area contributed by atoms with E-state index in [2.05, 4.69) is 15.4 Å². The summed E-state index contributed by atoms with van der Waals surface area (Å²) in [5.41, 5.74) is 1.68. The van der Waals surface area contributed by atoms with Gasteiger partial charge in [0.1, 0.15) is 11.4 Å². The van der Waals surface area contributed by atoms with Gasteiger partial charge in [-0.25, -0.2) is 18.3 Å². The fraction of sp³-hybridized carbons (Fsp3) is 0.440. The number of nitrogens with one attached hydrogen (secondary N) is 1. The maximum Gasteiger partial charge on any atom is 0.256 e. The number of nitrogens with zero attached hydrogens (tertiary/aromatic N) is 4. The number of rotatable bonds is 5. The number of carbonyl (C=O) groups is 2. The number of anilines is 1. The average Bonchev–Trinajstić information content (AvgIpc) is 3.38. The Morgan fingerprint density at radius 2 is 2.00 bits per heavy atom. The molecule has 1 aliphatic carbocycles. The molecule has 2 aromatic heterocycles. The predicted octanol–water partition coefficient (Wildman–Crippen LogP) is 4.21. The fourth-order valence-electron chi connectivity index (χ4n) is 5.44. The number of ether oxygens (including phenoxy) is 1. The van der Waals surface area contributed by atoms with E-state index in [9.17, 15) is 18.4 Å². The molecule has 2 fully saturated rings. The Balaban J connectivity index is 1.27. The number of fused-ring (bicyclic) bond motifs is 1. The molecular weight excluding hydrogens is 492 g/mol. The van der Waals surface area contributed by atoms with Gasteiger partial charge in [0.25, 0.3) is 5.91 Å². The highest BCUT2D eigenvalue weighted by molar-refractivity contribution is 6.34. The van der Waals surface area contributed by atoms with Crippen molar-refractivity contribution in [2.24, 2.45) is 5.41 Å². The van der Waals surface area contributed by atoms with Gasteiger partial charge >= 0.3 is 0 Å². The smallest absolute Gasteiger partial charge is 0.256 e. The third-order valence-corrected chi connectivity index (χ3v) is 7.54. The third-order valence-electron chi connectivity index (χ3n) is 7.25. The van der Waals surface area contributed by atoms with Crippen LogP contribution in [-0.2, 0) is 16.1 Å². The van der Waals surface area contributed by atoms with Gasteiger partial charge in [-0.15, -0.1) is 0 Å². The number of benzene rings is 1. The van der Waals surface area contributed by atoms with Gasteiger partial charge in [0.2, 0.25) is 5.91 Å². The molecule has 3 heterocycles. The second-order valence-corrected chi connectivity index (χ2v) is 9.98. The van der Waals surface area contributed by atoms with E-state index in [1.165, 1.54) is 11.1 Å². The molecule has 2 aliphatic rings. The van der Waals surface area contributed by atoms with Crippen LogP contribution in [0.4, 0.5) is 14.5 Å². The monoisotopic (exact) mass is 517 g/mol. The molecule has 0 radical (unpaired) electrons. The summed E-state index contributed by atoms with van der Waals surface area (Å²) in [4.78, 5) is 32.2. The number of carbonyl (C=O) groups excluding carboxylic acids is 2. The van der Waals surface area contributed by atoms with Crippen molar-refractivity contribution in [2.45, 2.75) is 51.7 Å². The van der Waals surface area contributed by atoms with Gasteiger partial charge in [0, 0.05) is 31.5 Å². The Morgan fingerprint density at radius 1 is 1.25 bits per heavy atom. The van der Waals surface area contributed by atoms with Crippen molar-refractivity contribution in [3.8, 4) is 0 Å². The molecule has 2 amide bonds. The zero-order chi connectivity index (χ0) is 25.6. The zero-order valence-corrected chi connectivity index (χ0v) is 20.7. The standard InChI is InChI=1S/C25H26ClF2N5O3/c1-14-9-17(13-36-2)33-22(30-14)18(12-29-33)23(34)31-16-3-5-25(6-4-16)7-8-32(24(25)35)21-19(26)10-15(27)11-20(21)28/h9-12,16H,3-8,13H2,1-2H3,(H,31,34)/t16-,25-. The first-order valence-corrected chi connectivity index (χ1v) is 12.2. The first kappa shape index (κ1) is 24.6. The highest BCUT2D eigenvalue weighted by atomic mass is 35.5. The van der Waals surface area contributed by atoms with Crippen LogP contribution in [0, 0.1) is 24.0 Å². The normalized spacial score (nSPS) is 22.1. The van der Waals surface area contributed by atoms with E-state index in [-0.39, 0.29) is 28.6 Å². The minimum absolute atomic E-state index is 0.0703. The summed E-state index contributed by atoms with van der Waals surface area (Å²) in [6.45, 7) is 2.50. The summed E-state index contributed by atoms with van der Waals surface area (Å²) in [5.74, 6) is -2.11. The molecule has 0 bridgehead atoms. The van der Waals surface area contributed by atoms with E-state index < -0.39 is 17.0 Å². The van der Waals surface area contributed by atoms with E-state index >= 15 is 0 Å². The summed E-state index contributed by atoms with van der Waals surface area (Å²) < 4.78 is 34.8. The van der Waals surface area contributed by atoms with Gasteiger partial charge in [0.05, 0.1) is 34.6 Å². The molecular formula is C25H26ClF2N5O3. The van der Waals surface area contributed by atoms with Crippen molar-refractivity contribution < 1.29 is 23.1 Å². The van der Waals surface area contributed by atoms with Crippen LogP contribution in [0.2, 0.25) is 5.02 Å². The van der Waals surface area contributed by atoms with E-state index in [1.807, 2.05) is 13.0 Å². The lowest BCUT2D eigenvalue weighted by molar-refractivity contribution is -0.127. The molecule has 1 spiro atoms. The van der Waals surface area contributed by atoms with Crippen molar-refractivity contribution in [3.63, 3.8) is 0 Å². The first-order chi connectivity index (χ1) is 17.2. The van der Waals surface area contributed by atoms with Gasteiger partial charge in [-0.1, -0.05) is 11.6 Å². The van der Waals surface area contributed by atoms with Crippen LogP contribution in [0.25, 0.3) is 5.65 Å². The molecule has 3 aromatic rings. The van der Waals surface area contributed by atoms with E-state index in [4.69, 9.17) is 16.3 Å². The van der Waals surface area contributed by atoms with Crippen LogP contribution >= 0.6 is 11.6 Å². The van der Waals surface area contributed by atoms with Crippen molar-refractivity contribution in [1.82, 2.24) is 19.9 Å². The highest BCUT2D eigenvalue weighted by Gasteiger charge is 2.49. The lowest BCUT2D eigenvalue weighted by Crippen LogP contribution is -2.44. The summed E-state index contributed by atoms with van der Waals surface area (Å²) in [5, 5.41) is 7.26. The maximum absolute atomic E-state index is 14.5. The SMILES string of the molecule is COCc1cc(C)nc2c(C(=O)N[C@H]3CC[C@@]4(CCN(c5c(F)cc(F)cc5Cl)C4=O)CC3)cnn12. The molecule has 1 saturated heterocycles. The van der Waals surface area contributed by atoms with Crippen molar-refractivity contribution in [3.05, 3.63) is 58.0 Å². The van der Waals surface area contributed by atoms with Crippen molar-refractivity contribution >= 4 is 34.7 Å². The topological polar surface area (TPSA) is 88.8 Å². The number of aryl methyl sites for hydroxylation is 1. The van der Waals surface area contributed by atoms with Crippen LogP contribution in [0.15, 0.2) is 24.4 Å². The van der Waals surface area contributed by atoms with Gasteiger partial charge < -0.3 is 15.0 Å². The van der Waals surface area contributed by atoms with E-state index in [0.29, 0.717) is 56.5 Å². The lowest BCUT2D eigenvalue weighted by atomic mass is 9.71. The van der Waals surface area contributed by atoms with Gasteiger partial charge in [-0.3, -0.25) is 9.59 Å². The Hall–Kier alpha value is -3.11. The molecule has 36 heavy (non-hydrogen) atoms. The quantitative estimate of drug-likeness (QED) is 0.547. The number of amides is 2. The zero-order valence-electron chi connectivity index (χ0n) is 20.0. The number of aromatic nitrogens is 3. The number of hydrogen-bond donors (Lipinski definition) is 1. The molecule has 190 valence electrons. The van der Waals surface area contributed by atoms with Crippen LogP contribution in [0.3, 0.4) is 0 Å². The Labute approximate surface area is 211 Å². The Kier molecular flexibility index (Phi) is 6.42. The lowest BCUT2D eigenvalue weighted by Gasteiger charge is -2.36. The Bertz CT molecular complexity index is 1330. The van der Waals surface area contributed by atoms with Crippen molar-refractivity contribution in [2.75, 3.05) is 18.6 Å². The van der Waals surface area contributed by atoms with E-state index in [1.54, 1.807) is 11.6 Å². The average molecular weight is 518 g/mol. The molecule has 11 heteroatoms. The number of halogens is 3. The van der Waals surface area contributed by atoms with Crippen LogP contribution < -0.4 is 10.2 Å². The highest BCUT2D eigenvalue weighted by Crippen LogP contribution is 2.47. The second kappa shape index (κ2) is 9.40. The Morgan fingerprint density at radius 3 is 2.69 bits per heavy atom. The van der Waals surface area contributed by atoms with Crippen LogP contribution in [0.1, 0.15) is 53.8 Å². The summed E-state index contributed by atoms with van der Waals surface area (Å²) >= 11 is 6.08. The minimum atomic E-state index is -0.850. The number of methoxy groups -OCH3 is 1. The fourth-order valence-corrected chi connectivity index (χ4v) is 5.74. The molecule has 0 atom stereocenters. The molecule has 0 unspecified atom stereocenters. The van der Waals surface area contributed by atoms with Gasteiger partial charge in [-0.2, -0.15) is 5.10 Å². The van der Waals surface area contributed by atoms with E-state index in [0.717, 1.165) is 23.5 Å². The molecule has 5 rings (SSSR count). The summed E-state index contributed by atoms with van der Waals surface area (Å²) in [6, 6.07) is 3.49. The molecule has 1 saturated carbocycles. The molecule has 1 N–H and O–H groups in total. The minimum Gasteiger partial charge on any atom is -0.378 e. The van der Waals surface area contributed by atoms with Gasteiger partial charge in [0.15, 0.2) is 11.5 Å². The molecule has 1 aliphatic heterocycles. The van der Waals surface area contributed by atoms with Crippen molar-refractivity contribution in [1.29, 1.82) is 0 Å². The van der Waals surface area contributed by atoms with Crippen LogP contribution in [-0.4, -0.2) is 46.1 Å². The summed E-state index contributed by atoms with van der Waals surface area (Å²) in [6.07, 6.45) is 4.37. The molecule has 8 nitrogen and oxygen atoms in total. The molecule has 1 aromatic carbocycles. The van der Waals surface area contributed by atoms with Gasteiger partial charge in [-0.05, 0) is 51.2 Å². The third kappa shape index (κ3) is 4.22. The second-order valence-electron chi connectivity index (χ2n) is 9.57. The van der Waals surface area contributed by atoms with Crippen LogP contribution in [0.5, 0.6) is 0 Å². The summed E-state index contributed by atoms with van der Waals surface area (Å²) in [7, 11) is 1.59. The number of hydrogen-bond acceptors (Lipinski definition) is 5. The first-order valence-electron chi connectivity index (χ1n) is 11.8.